The first-order valence-corrected chi connectivity index (χ1v) is 8.29. The Bertz CT molecular complexity index is 543. The van der Waals surface area contributed by atoms with E-state index in [-0.39, 0.29) is 11.8 Å². The number of piperazine rings is 1. The summed E-state index contributed by atoms with van der Waals surface area (Å²) in [5.74, 6) is 1.46. The molecule has 1 heterocycles. The van der Waals surface area contributed by atoms with E-state index in [1.807, 2.05) is 24.3 Å². The topological polar surface area (TPSA) is 58.6 Å². The number of amides is 2. The number of hydrogen-bond donors (Lipinski definition) is 1. The molecule has 0 saturated carbocycles. The zero-order valence-corrected chi connectivity index (χ0v) is 14.0. The van der Waals surface area contributed by atoms with Crippen LogP contribution in [0.5, 0.6) is 5.75 Å². The summed E-state index contributed by atoms with van der Waals surface area (Å²) in [6.07, 6.45) is 0.424. The number of benzene rings is 1. The van der Waals surface area contributed by atoms with Crippen molar-refractivity contribution in [1.82, 2.24) is 10.2 Å². The molecule has 120 valence electrons. The lowest BCUT2D eigenvalue weighted by molar-refractivity contribution is -0.148. The van der Waals surface area contributed by atoms with Crippen molar-refractivity contribution in [2.24, 2.45) is 0 Å². The second kappa shape index (κ2) is 7.05. The Kier molecular flexibility index (Phi) is 5.34. The van der Waals surface area contributed by atoms with Crippen LogP contribution in [-0.2, 0) is 9.59 Å². The number of hydrogen-bond acceptors (Lipinski definition) is 4. The van der Waals surface area contributed by atoms with E-state index < -0.39 is 5.54 Å². The Balaban J connectivity index is 1.85. The van der Waals surface area contributed by atoms with Gasteiger partial charge in [-0.05, 0) is 38.1 Å². The number of methoxy groups -OCH3 is 1. The minimum absolute atomic E-state index is 0.0286. The van der Waals surface area contributed by atoms with E-state index in [1.54, 1.807) is 37.6 Å². The van der Waals surface area contributed by atoms with Crippen molar-refractivity contribution in [1.29, 1.82) is 0 Å². The van der Waals surface area contributed by atoms with E-state index in [0.717, 1.165) is 10.6 Å². The molecule has 0 spiro atoms. The third kappa shape index (κ3) is 3.74. The van der Waals surface area contributed by atoms with Crippen LogP contribution in [0.25, 0.3) is 0 Å². The van der Waals surface area contributed by atoms with Crippen LogP contribution in [0.15, 0.2) is 29.2 Å². The Morgan fingerprint density at radius 1 is 1.36 bits per heavy atom. The number of nitrogens with one attached hydrogen (secondary N) is 1. The van der Waals surface area contributed by atoms with Crippen molar-refractivity contribution >= 4 is 23.6 Å². The van der Waals surface area contributed by atoms with Gasteiger partial charge < -0.3 is 15.0 Å². The molecule has 5 nitrogen and oxygen atoms in total. The summed E-state index contributed by atoms with van der Waals surface area (Å²) < 4.78 is 5.12. The highest BCUT2D eigenvalue weighted by Crippen LogP contribution is 2.24. The van der Waals surface area contributed by atoms with Crippen LogP contribution in [0.4, 0.5) is 0 Å². The van der Waals surface area contributed by atoms with Gasteiger partial charge in [-0.1, -0.05) is 0 Å². The zero-order valence-electron chi connectivity index (χ0n) is 13.2. The Hall–Kier alpha value is -1.69. The molecule has 0 bridgehead atoms. The Morgan fingerprint density at radius 2 is 2.05 bits per heavy atom. The van der Waals surface area contributed by atoms with Gasteiger partial charge in [0.15, 0.2) is 0 Å². The monoisotopic (exact) mass is 322 g/mol. The lowest BCUT2D eigenvalue weighted by Crippen LogP contribution is -2.63. The molecule has 1 aliphatic heterocycles. The highest BCUT2D eigenvalue weighted by Gasteiger charge is 2.39. The second-order valence-corrected chi connectivity index (χ2v) is 6.80. The van der Waals surface area contributed by atoms with Gasteiger partial charge in [0, 0.05) is 30.2 Å². The fourth-order valence-corrected chi connectivity index (χ4v) is 3.24. The lowest BCUT2D eigenvalue weighted by Gasteiger charge is -2.41. The molecule has 0 radical (unpaired) electrons. The maximum atomic E-state index is 12.4. The van der Waals surface area contributed by atoms with Crippen molar-refractivity contribution in [3.05, 3.63) is 24.3 Å². The van der Waals surface area contributed by atoms with Crippen LogP contribution in [0.3, 0.4) is 0 Å². The molecule has 2 rings (SSSR count). The average molecular weight is 322 g/mol. The Morgan fingerprint density at radius 3 is 2.68 bits per heavy atom. The predicted octanol–water partition coefficient (Wildman–Crippen LogP) is 1.91. The van der Waals surface area contributed by atoms with Crippen molar-refractivity contribution in [2.45, 2.75) is 30.7 Å². The number of carbonyl (C=O) groups is 2. The average Bonchev–Trinajstić information content (AvgIpc) is 2.50. The van der Waals surface area contributed by atoms with Crippen LogP contribution in [-0.4, -0.2) is 48.2 Å². The molecule has 6 heteroatoms. The van der Waals surface area contributed by atoms with Crippen LogP contribution < -0.4 is 10.1 Å². The first-order valence-electron chi connectivity index (χ1n) is 7.31. The normalized spacial score (nSPS) is 17.0. The molecule has 0 aromatic heterocycles. The van der Waals surface area contributed by atoms with Gasteiger partial charge in [-0.15, -0.1) is 11.8 Å². The summed E-state index contributed by atoms with van der Waals surface area (Å²) in [5.41, 5.74) is -0.764. The van der Waals surface area contributed by atoms with Crippen molar-refractivity contribution in [3.8, 4) is 5.75 Å². The molecule has 1 fully saturated rings. The molecule has 0 atom stereocenters. The molecule has 2 amide bonds. The first-order chi connectivity index (χ1) is 10.4. The third-order valence-electron chi connectivity index (χ3n) is 3.80. The molecule has 22 heavy (non-hydrogen) atoms. The summed E-state index contributed by atoms with van der Waals surface area (Å²) in [7, 11) is 1.64. The number of ether oxygens (including phenoxy) is 1. The molecular formula is C16H22N2O3S. The fraction of sp³-hybridized carbons (Fsp3) is 0.500. The van der Waals surface area contributed by atoms with Crippen molar-refractivity contribution < 1.29 is 14.3 Å². The van der Waals surface area contributed by atoms with Crippen LogP contribution in [0, 0.1) is 0 Å². The van der Waals surface area contributed by atoms with Gasteiger partial charge >= 0.3 is 0 Å². The minimum atomic E-state index is -0.764. The van der Waals surface area contributed by atoms with Gasteiger partial charge in [0.05, 0.1) is 7.11 Å². The van der Waals surface area contributed by atoms with Gasteiger partial charge in [-0.25, -0.2) is 0 Å². The second-order valence-electron chi connectivity index (χ2n) is 5.63. The first kappa shape index (κ1) is 16.7. The maximum absolute atomic E-state index is 12.4. The third-order valence-corrected chi connectivity index (χ3v) is 4.81. The highest BCUT2D eigenvalue weighted by atomic mass is 32.2. The zero-order chi connectivity index (χ0) is 16.2. The lowest BCUT2D eigenvalue weighted by atomic mass is 9.98. The van der Waals surface area contributed by atoms with Crippen LogP contribution in [0.1, 0.15) is 20.3 Å². The minimum Gasteiger partial charge on any atom is -0.497 e. The molecule has 1 aromatic rings. The van der Waals surface area contributed by atoms with E-state index in [0.29, 0.717) is 25.3 Å². The van der Waals surface area contributed by atoms with Gasteiger partial charge in [-0.2, -0.15) is 0 Å². The molecule has 1 saturated heterocycles. The van der Waals surface area contributed by atoms with E-state index in [4.69, 9.17) is 4.74 Å². The van der Waals surface area contributed by atoms with E-state index in [2.05, 4.69) is 5.32 Å². The number of thioether (sulfide) groups is 1. The van der Waals surface area contributed by atoms with Gasteiger partial charge in [0.2, 0.25) is 11.8 Å². The number of nitrogens with zero attached hydrogens (tertiary/aromatic N) is 1. The molecule has 1 aromatic carbocycles. The summed E-state index contributed by atoms with van der Waals surface area (Å²) >= 11 is 1.63. The smallest absolute Gasteiger partial charge is 0.245 e. The van der Waals surface area contributed by atoms with Crippen LogP contribution >= 0.6 is 11.8 Å². The van der Waals surface area contributed by atoms with Gasteiger partial charge in [-0.3, -0.25) is 9.59 Å². The quantitative estimate of drug-likeness (QED) is 0.842. The summed E-state index contributed by atoms with van der Waals surface area (Å²) in [4.78, 5) is 27.0. The van der Waals surface area contributed by atoms with E-state index in [1.165, 1.54) is 0 Å². The molecule has 1 N–H and O–H groups in total. The van der Waals surface area contributed by atoms with Crippen LogP contribution in [0.2, 0.25) is 0 Å². The van der Waals surface area contributed by atoms with Gasteiger partial charge in [0.25, 0.3) is 0 Å². The van der Waals surface area contributed by atoms with Crippen molar-refractivity contribution in [3.63, 3.8) is 0 Å². The molecule has 0 aliphatic carbocycles. The predicted molar refractivity (Wildman–Crippen MR) is 87.1 cm³/mol. The Labute approximate surface area is 135 Å². The number of carbonyl (C=O) groups excluding carboxylic acids is 2. The fourth-order valence-electron chi connectivity index (χ4n) is 2.40. The number of rotatable bonds is 5. The molecule has 1 aliphatic rings. The highest BCUT2D eigenvalue weighted by molar-refractivity contribution is 7.99. The summed E-state index contributed by atoms with van der Waals surface area (Å²) in [5, 5.41) is 2.80. The molecule has 0 unspecified atom stereocenters. The van der Waals surface area contributed by atoms with Gasteiger partial charge in [0.1, 0.15) is 11.3 Å². The van der Waals surface area contributed by atoms with E-state index in [9.17, 15) is 9.59 Å². The van der Waals surface area contributed by atoms with Crippen molar-refractivity contribution in [2.75, 3.05) is 26.0 Å². The largest absolute Gasteiger partial charge is 0.497 e. The SMILES string of the molecule is COc1ccc(SCCC(=O)N2CCNC(=O)C2(C)C)cc1. The van der Waals surface area contributed by atoms with E-state index >= 15 is 0 Å². The summed E-state index contributed by atoms with van der Waals surface area (Å²) in [6.45, 7) is 4.68. The standard InChI is InChI=1S/C16H22N2O3S/c1-16(2)15(20)17-9-10-18(16)14(19)8-11-22-13-6-4-12(21-3)5-7-13/h4-7H,8-11H2,1-3H3,(H,17,20). The maximum Gasteiger partial charge on any atom is 0.245 e. The molecular weight excluding hydrogens is 300 g/mol. The summed E-state index contributed by atoms with van der Waals surface area (Å²) in [6, 6.07) is 7.77.